The number of carbonyl (C=O) groups is 1. The second kappa shape index (κ2) is 7.52. The van der Waals surface area contributed by atoms with Crippen molar-refractivity contribution in [3.63, 3.8) is 0 Å². The maximum absolute atomic E-state index is 12.4. The highest BCUT2D eigenvalue weighted by molar-refractivity contribution is 9.10. The minimum absolute atomic E-state index is 0.123. The molecule has 0 spiro atoms. The van der Waals surface area contributed by atoms with Crippen molar-refractivity contribution in [2.45, 2.75) is 13.0 Å². The molecule has 0 aliphatic heterocycles. The third-order valence-electron chi connectivity index (χ3n) is 2.51. The Balaban J connectivity index is 2.81. The molecule has 0 unspecified atom stereocenters. The first kappa shape index (κ1) is 16.0. The molecule has 4 nitrogen and oxygen atoms in total. The summed E-state index contributed by atoms with van der Waals surface area (Å²) in [6, 6.07) is 4.42. The molecule has 0 bridgehead atoms. The molecule has 0 aliphatic carbocycles. The van der Waals surface area contributed by atoms with E-state index in [1.54, 1.807) is 6.07 Å². The van der Waals surface area contributed by atoms with E-state index in [1.165, 1.54) is 17.0 Å². The highest BCUT2D eigenvalue weighted by Gasteiger charge is 2.14. The molecule has 2 N–H and O–H groups in total. The molecule has 0 radical (unpaired) electrons. The van der Waals surface area contributed by atoms with Crippen LogP contribution in [0.4, 0.5) is 8.78 Å². The fourth-order valence-electron chi connectivity index (χ4n) is 1.62. The van der Waals surface area contributed by atoms with E-state index in [4.69, 9.17) is 10.2 Å². The third kappa shape index (κ3) is 5.22. The fourth-order valence-corrected chi connectivity index (χ4v) is 2.13. The lowest BCUT2D eigenvalue weighted by Gasteiger charge is -2.21. The van der Waals surface area contributed by atoms with Gasteiger partial charge in [-0.1, -0.05) is 22.0 Å². The summed E-state index contributed by atoms with van der Waals surface area (Å²) in [5, 5.41) is 17.7. The van der Waals surface area contributed by atoms with Crippen molar-refractivity contribution in [3.8, 4) is 0 Å². The van der Waals surface area contributed by atoms with Crippen molar-refractivity contribution in [2.24, 2.45) is 0 Å². The highest BCUT2D eigenvalue weighted by atomic mass is 79.9. The van der Waals surface area contributed by atoms with Gasteiger partial charge in [0.05, 0.1) is 18.7 Å². The molecule has 19 heavy (non-hydrogen) atoms. The van der Waals surface area contributed by atoms with Crippen molar-refractivity contribution < 1.29 is 23.8 Å². The Morgan fingerprint density at radius 1 is 1.42 bits per heavy atom. The molecule has 1 aromatic carbocycles. The maximum atomic E-state index is 12.4. The average molecular weight is 338 g/mol. The molecule has 0 atom stereocenters. The average Bonchev–Trinajstić information content (AvgIpc) is 2.31. The molecule has 106 valence electrons. The van der Waals surface area contributed by atoms with Crippen LogP contribution in [0.25, 0.3) is 0 Å². The molecule has 0 heterocycles. The van der Waals surface area contributed by atoms with E-state index < -0.39 is 18.9 Å². The van der Waals surface area contributed by atoms with Gasteiger partial charge < -0.3 is 10.2 Å². The molecule has 7 heteroatoms. The monoisotopic (exact) mass is 337 g/mol. The lowest BCUT2D eigenvalue weighted by molar-refractivity contribution is 0.0696. The van der Waals surface area contributed by atoms with E-state index in [0.29, 0.717) is 10.0 Å². The zero-order valence-corrected chi connectivity index (χ0v) is 11.6. The molecular formula is C12H14BrF2NO3. The van der Waals surface area contributed by atoms with Crippen molar-refractivity contribution in [2.75, 3.05) is 19.7 Å². The van der Waals surface area contributed by atoms with Crippen LogP contribution in [0.15, 0.2) is 22.7 Å². The lowest BCUT2D eigenvalue weighted by atomic mass is 10.1. The molecular weight excluding hydrogens is 324 g/mol. The summed E-state index contributed by atoms with van der Waals surface area (Å²) in [6.07, 6.45) is -2.48. The topological polar surface area (TPSA) is 60.8 Å². The summed E-state index contributed by atoms with van der Waals surface area (Å²) in [5.41, 5.74) is 0.817. The zero-order valence-electron chi connectivity index (χ0n) is 10.0. The maximum Gasteiger partial charge on any atom is 0.335 e. The Morgan fingerprint density at radius 3 is 2.58 bits per heavy atom. The van der Waals surface area contributed by atoms with Gasteiger partial charge in [-0.15, -0.1) is 0 Å². The Hall–Kier alpha value is -1.05. The first-order valence-corrected chi connectivity index (χ1v) is 6.36. The number of benzene rings is 1. The van der Waals surface area contributed by atoms with Gasteiger partial charge >= 0.3 is 5.97 Å². The normalized spacial score (nSPS) is 11.3. The van der Waals surface area contributed by atoms with E-state index in [9.17, 15) is 13.6 Å². The minimum atomic E-state index is -2.48. The molecule has 0 amide bonds. The van der Waals surface area contributed by atoms with Crippen molar-refractivity contribution in [1.29, 1.82) is 0 Å². The van der Waals surface area contributed by atoms with Gasteiger partial charge in [0.2, 0.25) is 0 Å². The van der Waals surface area contributed by atoms with Crippen LogP contribution in [0.2, 0.25) is 0 Å². The number of rotatable bonds is 7. The number of nitrogens with zero attached hydrogens (tertiary/aromatic N) is 1. The van der Waals surface area contributed by atoms with E-state index in [2.05, 4.69) is 15.9 Å². The molecule has 0 aliphatic rings. The van der Waals surface area contributed by atoms with Crippen LogP contribution in [-0.4, -0.2) is 47.2 Å². The third-order valence-corrected chi connectivity index (χ3v) is 3.24. The Kier molecular flexibility index (Phi) is 6.33. The summed E-state index contributed by atoms with van der Waals surface area (Å²) in [5.74, 6) is -1.05. The number of hydrogen-bond donors (Lipinski definition) is 2. The molecule has 1 aromatic rings. The van der Waals surface area contributed by atoms with Crippen LogP contribution in [0.3, 0.4) is 0 Å². The zero-order chi connectivity index (χ0) is 14.4. The molecule has 0 saturated carbocycles. The Morgan fingerprint density at radius 2 is 2.11 bits per heavy atom. The molecule has 0 saturated heterocycles. The number of alkyl halides is 2. The number of aliphatic hydroxyl groups is 1. The van der Waals surface area contributed by atoms with Crippen LogP contribution in [0.5, 0.6) is 0 Å². The van der Waals surface area contributed by atoms with Crippen molar-refractivity contribution in [3.05, 3.63) is 33.8 Å². The van der Waals surface area contributed by atoms with Gasteiger partial charge in [-0.05, 0) is 17.7 Å². The van der Waals surface area contributed by atoms with Crippen LogP contribution < -0.4 is 0 Å². The largest absolute Gasteiger partial charge is 0.478 e. The Bertz CT molecular complexity index is 443. The van der Waals surface area contributed by atoms with E-state index in [0.717, 1.165) is 0 Å². The van der Waals surface area contributed by atoms with Crippen LogP contribution in [0, 0.1) is 0 Å². The number of aromatic carboxylic acids is 1. The summed E-state index contributed by atoms with van der Waals surface area (Å²) in [4.78, 5) is 12.2. The van der Waals surface area contributed by atoms with Crippen LogP contribution in [-0.2, 0) is 6.54 Å². The van der Waals surface area contributed by atoms with Crippen molar-refractivity contribution >= 4 is 21.9 Å². The molecule has 1 rings (SSSR count). The fraction of sp³-hybridized carbons (Fsp3) is 0.417. The SMILES string of the molecule is O=C(O)c1ccc(CN(CCO)CC(F)F)c(Br)c1. The Labute approximate surface area is 117 Å². The predicted molar refractivity (Wildman–Crippen MR) is 69.5 cm³/mol. The number of halogens is 3. The molecule has 0 aromatic heterocycles. The number of carboxylic acid groups (broad SMARTS) is 1. The van der Waals surface area contributed by atoms with E-state index >= 15 is 0 Å². The van der Waals surface area contributed by atoms with Gasteiger partial charge in [-0.3, -0.25) is 4.90 Å². The van der Waals surface area contributed by atoms with Crippen LogP contribution in [0.1, 0.15) is 15.9 Å². The summed E-state index contributed by atoms with van der Waals surface area (Å²) in [6.45, 7) is -0.298. The second-order valence-corrected chi connectivity index (χ2v) is 4.82. The quantitative estimate of drug-likeness (QED) is 0.800. The number of aliphatic hydroxyl groups excluding tert-OH is 1. The first-order chi connectivity index (χ1) is 8.93. The highest BCUT2D eigenvalue weighted by Crippen LogP contribution is 2.20. The number of hydrogen-bond acceptors (Lipinski definition) is 3. The smallest absolute Gasteiger partial charge is 0.335 e. The van der Waals surface area contributed by atoms with E-state index in [-0.39, 0.29) is 25.3 Å². The van der Waals surface area contributed by atoms with Crippen molar-refractivity contribution in [1.82, 2.24) is 4.90 Å². The standard InChI is InChI=1S/C12H14BrF2NO3/c13-10-5-8(12(18)19)1-2-9(10)6-16(3-4-17)7-11(14)15/h1-2,5,11,17H,3-4,6-7H2,(H,18,19). The van der Waals surface area contributed by atoms with E-state index in [1.807, 2.05) is 0 Å². The van der Waals surface area contributed by atoms with Gasteiger partial charge in [-0.2, -0.15) is 0 Å². The number of carboxylic acids is 1. The van der Waals surface area contributed by atoms with Gasteiger partial charge in [0, 0.05) is 17.6 Å². The van der Waals surface area contributed by atoms with Gasteiger partial charge in [0.25, 0.3) is 6.43 Å². The van der Waals surface area contributed by atoms with Gasteiger partial charge in [-0.25, -0.2) is 13.6 Å². The minimum Gasteiger partial charge on any atom is -0.478 e. The second-order valence-electron chi connectivity index (χ2n) is 3.96. The summed E-state index contributed by atoms with van der Waals surface area (Å²) >= 11 is 3.22. The predicted octanol–water partition coefficient (Wildman–Crippen LogP) is 2.21. The van der Waals surface area contributed by atoms with Gasteiger partial charge in [0.15, 0.2) is 0 Å². The first-order valence-electron chi connectivity index (χ1n) is 5.57. The summed E-state index contributed by atoms with van der Waals surface area (Å²) < 4.78 is 25.3. The van der Waals surface area contributed by atoms with Gasteiger partial charge in [0.1, 0.15) is 0 Å². The van der Waals surface area contributed by atoms with Crippen LogP contribution >= 0.6 is 15.9 Å². The lowest BCUT2D eigenvalue weighted by Crippen LogP contribution is -2.31. The summed E-state index contributed by atoms with van der Waals surface area (Å²) in [7, 11) is 0. The molecule has 0 fully saturated rings.